The average molecular weight is 233 g/mol. The number of halogens is 2. The minimum absolute atomic E-state index is 0.423. The molecular weight excluding hydrogens is 223 g/mol. The Bertz CT molecular complexity index is 327. The van der Waals surface area contributed by atoms with Crippen molar-refractivity contribution < 1.29 is 4.74 Å². The summed E-state index contributed by atoms with van der Waals surface area (Å²) < 4.78 is 5.25. The van der Waals surface area contributed by atoms with Crippen LogP contribution in [0.2, 0.25) is 10.3 Å². The third-order valence-electron chi connectivity index (χ3n) is 2.15. The Hall–Kier alpha value is -0.510. The summed E-state index contributed by atoms with van der Waals surface area (Å²) in [6.45, 7) is 3.17. The van der Waals surface area contributed by atoms with Gasteiger partial charge in [0.05, 0.1) is 18.9 Å². The fourth-order valence-corrected chi connectivity index (χ4v) is 1.91. The number of morpholine rings is 1. The van der Waals surface area contributed by atoms with E-state index in [2.05, 4.69) is 9.88 Å². The number of anilines is 1. The van der Waals surface area contributed by atoms with E-state index in [9.17, 15) is 0 Å². The smallest absolute Gasteiger partial charge is 0.154 e. The first-order chi connectivity index (χ1) is 6.77. The Morgan fingerprint density at radius 1 is 1.21 bits per heavy atom. The van der Waals surface area contributed by atoms with Crippen molar-refractivity contribution in [1.82, 2.24) is 4.98 Å². The average Bonchev–Trinajstić information content (AvgIpc) is 2.19. The van der Waals surface area contributed by atoms with Gasteiger partial charge in [-0.3, -0.25) is 0 Å². The van der Waals surface area contributed by atoms with Gasteiger partial charge in [-0.2, -0.15) is 0 Å². The number of aromatic nitrogens is 1. The van der Waals surface area contributed by atoms with Gasteiger partial charge in [-0.25, -0.2) is 4.98 Å². The predicted molar refractivity (Wildman–Crippen MR) is 57.3 cm³/mol. The molecule has 1 fully saturated rings. The summed E-state index contributed by atoms with van der Waals surface area (Å²) in [5.74, 6) is 0. The maximum absolute atomic E-state index is 5.98. The van der Waals surface area contributed by atoms with Crippen LogP contribution in [0.4, 0.5) is 5.69 Å². The van der Waals surface area contributed by atoms with E-state index in [-0.39, 0.29) is 0 Å². The fourth-order valence-electron chi connectivity index (χ4n) is 1.44. The molecule has 5 heteroatoms. The highest BCUT2D eigenvalue weighted by molar-refractivity contribution is 6.34. The Kier molecular flexibility index (Phi) is 3.11. The second-order valence-electron chi connectivity index (χ2n) is 3.04. The summed E-state index contributed by atoms with van der Waals surface area (Å²) in [4.78, 5) is 6.15. The minimum Gasteiger partial charge on any atom is -0.378 e. The van der Waals surface area contributed by atoms with Crippen molar-refractivity contribution in [2.75, 3.05) is 31.2 Å². The summed E-state index contributed by atoms with van der Waals surface area (Å²) in [5.41, 5.74) is 0.930. The first kappa shape index (κ1) is 10.0. The molecule has 0 atom stereocenters. The summed E-state index contributed by atoms with van der Waals surface area (Å²) >= 11 is 11.7. The number of hydrogen-bond acceptors (Lipinski definition) is 3. The molecule has 1 aromatic heterocycles. The summed E-state index contributed by atoms with van der Waals surface area (Å²) in [6, 6.07) is 3.64. The maximum atomic E-state index is 5.98. The van der Waals surface area contributed by atoms with E-state index in [0.717, 1.165) is 32.0 Å². The van der Waals surface area contributed by atoms with Crippen molar-refractivity contribution in [2.24, 2.45) is 0 Å². The molecule has 2 rings (SSSR count). The van der Waals surface area contributed by atoms with Gasteiger partial charge in [0.2, 0.25) is 0 Å². The molecule has 76 valence electrons. The molecule has 1 aromatic rings. The molecule has 0 spiro atoms. The monoisotopic (exact) mass is 232 g/mol. The molecule has 3 nitrogen and oxygen atoms in total. The molecule has 14 heavy (non-hydrogen) atoms. The lowest BCUT2D eigenvalue weighted by atomic mass is 10.3. The highest BCUT2D eigenvalue weighted by atomic mass is 35.5. The van der Waals surface area contributed by atoms with E-state index >= 15 is 0 Å². The highest BCUT2D eigenvalue weighted by Crippen LogP contribution is 2.25. The van der Waals surface area contributed by atoms with E-state index in [1.807, 2.05) is 6.07 Å². The van der Waals surface area contributed by atoms with Gasteiger partial charge >= 0.3 is 0 Å². The van der Waals surface area contributed by atoms with Gasteiger partial charge < -0.3 is 9.64 Å². The number of nitrogens with zero attached hydrogens (tertiary/aromatic N) is 2. The van der Waals surface area contributed by atoms with Crippen LogP contribution < -0.4 is 4.90 Å². The van der Waals surface area contributed by atoms with Crippen LogP contribution in [0.3, 0.4) is 0 Å². The quantitative estimate of drug-likeness (QED) is 0.695. The Labute approximate surface area is 92.6 Å². The summed E-state index contributed by atoms with van der Waals surface area (Å²) in [5, 5.41) is 0.881. The van der Waals surface area contributed by atoms with Crippen LogP contribution >= 0.6 is 23.2 Å². The summed E-state index contributed by atoms with van der Waals surface area (Å²) in [7, 11) is 0. The van der Waals surface area contributed by atoms with Crippen molar-refractivity contribution >= 4 is 28.9 Å². The first-order valence-electron chi connectivity index (χ1n) is 4.42. The second-order valence-corrected chi connectivity index (χ2v) is 3.79. The van der Waals surface area contributed by atoms with E-state index in [1.54, 1.807) is 6.07 Å². The maximum Gasteiger partial charge on any atom is 0.154 e. The van der Waals surface area contributed by atoms with E-state index < -0.39 is 0 Å². The molecule has 0 bridgehead atoms. The zero-order valence-corrected chi connectivity index (χ0v) is 9.05. The molecule has 0 radical (unpaired) electrons. The van der Waals surface area contributed by atoms with Gasteiger partial charge in [-0.15, -0.1) is 0 Å². The molecule has 0 amide bonds. The third-order valence-corrected chi connectivity index (χ3v) is 2.64. The molecule has 0 unspecified atom stereocenters. The zero-order valence-electron chi connectivity index (χ0n) is 7.54. The van der Waals surface area contributed by atoms with Gasteiger partial charge in [0.25, 0.3) is 0 Å². The van der Waals surface area contributed by atoms with Crippen LogP contribution in [-0.2, 0) is 4.74 Å². The fraction of sp³-hybridized carbons (Fsp3) is 0.444. The van der Waals surface area contributed by atoms with Gasteiger partial charge in [0.15, 0.2) is 5.15 Å². The molecule has 1 aliphatic rings. The number of pyridine rings is 1. The molecule has 0 N–H and O–H groups in total. The Morgan fingerprint density at radius 3 is 2.57 bits per heavy atom. The van der Waals surface area contributed by atoms with E-state index in [1.165, 1.54) is 0 Å². The van der Waals surface area contributed by atoms with Gasteiger partial charge in [-0.05, 0) is 12.1 Å². The van der Waals surface area contributed by atoms with Gasteiger partial charge in [-0.1, -0.05) is 23.2 Å². The SMILES string of the molecule is Clc1ccc(N2CCOCC2)c(Cl)n1. The minimum atomic E-state index is 0.423. The third kappa shape index (κ3) is 2.11. The second kappa shape index (κ2) is 4.34. The molecule has 0 saturated carbocycles. The predicted octanol–water partition coefficient (Wildman–Crippen LogP) is 2.22. The lowest BCUT2D eigenvalue weighted by Crippen LogP contribution is -2.36. The topological polar surface area (TPSA) is 25.4 Å². The van der Waals surface area contributed by atoms with Gasteiger partial charge in [0, 0.05) is 13.1 Å². The van der Waals surface area contributed by atoms with Crippen LogP contribution in [0.25, 0.3) is 0 Å². The normalized spacial score (nSPS) is 17.1. The van der Waals surface area contributed by atoms with Crippen molar-refractivity contribution in [3.8, 4) is 0 Å². The van der Waals surface area contributed by atoms with Gasteiger partial charge in [0.1, 0.15) is 5.15 Å². The van der Waals surface area contributed by atoms with E-state index in [0.29, 0.717) is 10.3 Å². The van der Waals surface area contributed by atoms with Crippen molar-refractivity contribution in [1.29, 1.82) is 0 Å². The van der Waals surface area contributed by atoms with Crippen LogP contribution in [0.5, 0.6) is 0 Å². The molecular formula is C9H10Cl2N2O. The lowest BCUT2D eigenvalue weighted by Gasteiger charge is -2.29. The highest BCUT2D eigenvalue weighted by Gasteiger charge is 2.14. The number of hydrogen-bond donors (Lipinski definition) is 0. The van der Waals surface area contributed by atoms with Crippen molar-refractivity contribution in [3.63, 3.8) is 0 Å². The van der Waals surface area contributed by atoms with Crippen LogP contribution in [0.15, 0.2) is 12.1 Å². The van der Waals surface area contributed by atoms with Crippen molar-refractivity contribution in [2.45, 2.75) is 0 Å². The van der Waals surface area contributed by atoms with Crippen molar-refractivity contribution in [3.05, 3.63) is 22.4 Å². The Balaban J connectivity index is 2.22. The molecule has 1 saturated heterocycles. The lowest BCUT2D eigenvalue weighted by molar-refractivity contribution is 0.122. The molecule has 0 aromatic carbocycles. The molecule has 1 aliphatic heterocycles. The molecule has 2 heterocycles. The standard InChI is InChI=1S/C9H10Cl2N2O/c10-8-2-1-7(9(11)12-8)13-3-5-14-6-4-13/h1-2H,3-6H2. The number of rotatable bonds is 1. The Morgan fingerprint density at radius 2 is 1.93 bits per heavy atom. The molecule has 0 aliphatic carbocycles. The van der Waals surface area contributed by atoms with Crippen LogP contribution in [0.1, 0.15) is 0 Å². The zero-order chi connectivity index (χ0) is 9.97. The van der Waals surface area contributed by atoms with E-state index in [4.69, 9.17) is 27.9 Å². The first-order valence-corrected chi connectivity index (χ1v) is 5.18. The van der Waals surface area contributed by atoms with Crippen LogP contribution in [-0.4, -0.2) is 31.3 Å². The summed E-state index contributed by atoms with van der Waals surface area (Å²) in [6.07, 6.45) is 0. The largest absolute Gasteiger partial charge is 0.378 e. The van der Waals surface area contributed by atoms with Crippen LogP contribution in [0, 0.1) is 0 Å². The number of ether oxygens (including phenoxy) is 1.